The zero-order valence-electron chi connectivity index (χ0n) is 16.2. The minimum atomic E-state index is -0.307. The average molecular weight is 395 g/mol. The maximum Gasteiger partial charge on any atom is 0.273 e. The number of nitrogens with one attached hydrogen (secondary N) is 2. The van der Waals surface area contributed by atoms with E-state index in [0.29, 0.717) is 53.3 Å². The standard InChI is InChI=1S/C21H21N3O5/c1-26-17-6-4-13(10-19(17)27-2)15-12-16(24-23-15)21(25)22-14-5-7-18-20(11-14)29-9-3-8-28-18/h4-7,10-12H,3,8-9H2,1-2H3,(H,22,25)(H,23,24). The molecule has 0 saturated carbocycles. The van der Waals surface area contributed by atoms with Crippen molar-refractivity contribution in [2.24, 2.45) is 0 Å². The van der Waals surface area contributed by atoms with Crippen molar-refractivity contribution in [1.82, 2.24) is 10.2 Å². The molecule has 0 saturated heterocycles. The van der Waals surface area contributed by atoms with Crippen LogP contribution >= 0.6 is 0 Å². The molecule has 0 radical (unpaired) electrons. The summed E-state index contributed by atoms with van der Waals surface area (Å²) in [5.41, 5.74) is 2.37. The van der Waals surface area contributed by atoms with Gasteiger partial charge < -0.3 is 24.3 Å². The summed E-state index contributed by atoms with van der Waals surface area (Å²) >= 11 is 0. The fraction of sp³-hybridized carbons (Fsp3) is 0.238. The average Bonchev–Trinajstić information content (AvgIpc) is 3.13. The number of hydrogen-bond acceptors (Lipinski definition) is 6. The predicted octanol–water partition coefficient (Wildman–Crippen LogP) is 3.51. The van der Waals surface area contributed by atoms with Crippen molar-refractivity contribution < 1.29 is 23.7 Å². The molecule has 1 aliphatic rings. The van der Waals surface area contributed by atoms with Gasteiger partial charge in [0.25, 0.3) is 5.91 Å². The Morgan fingerprint density at radius 1 is 1.00 bits per heavy atom. The largest absolute Gasteiger partial charge is 0.493 e. The maximum absolute atomic E-state index is 12.6. The fourth-order valence-corrected chi connectivity index (χ4v) is 3.02. The van der Waals surface area contributed by atoms with Crippen LogP contribution in [0.1, 0.15) is 16.9 Å². The number of carbonyl (C=O) groups excluding carboxylic acids is 1. The Morgan fingerprint density at radius 2 is 1.79 bits per heavy atom. The minimum Gasteiger partial charge on any atom is -0.493 e. The van der Waals surface area contributed by atoms with E-state index in [0.717, 1.165) is 12.0 Å². The molecule has 8 nitrogen and oxygen atoms in total. The first-order valence-electron chi connectivity index (χ1n) is 9.17. The number of H-pyrrole nitrogens is 1. The van der Waals surface area contributed by atoms with Gasteiger partial charge in [-0.25, -0.2) is 0 Å². The molecule has 1 amide bonds. The molecule has 8 heteroatoms. The summed E-state index contributed by atoms with van der Waals surface area (Å²) in [6.07, 6.45) is 0.823. The van der Waals surface area contributed by atoms with Gasteiger partial charge in [0.2, 0.25) is 0 Å². The van der Waals surface area contributed by atoms with E-state index in [1.165, 1.54) is 0 Å². The third-order valence-corrected chi connectivity index (χ3v) is 4.51. The number of methoxy groups -OCH3 is 2. The van der Waals surface area contributed by atoms with E-state index in [9.17, 15) is 4.79 Å². The van der Waals surface area contributed by atoms with Crippen molar-refractivity contribution in [3.05, 3.63) is 48.2 Å². The highest BCUT2D eigenvalue weighted by Gasteiger charge is 2.15. The highest BCUT2D eigenvalue weighted by molar-refractivity contribution is 6.03. The second-order valence-corrected chi connectivity index (χ2v) is 6.40. The van der Waals surface area contributed by atoms with Gasteiger partial charge in [-0.3, -0.25) is 9.89 Å². The summed E-state index contributed by atoms with van der Waals surface area (Å²) in [6, 6.07) is 12.4. The molecule has 0 atom stereocenters. The number of carbonyl (C=O) groups is 1. The highest BCUT2D eigenvalue weighted by atomic mass is 16.5. The quantitative estimate of drug-likeness (QED) is 0.687. The van der Waals surface area contributed by atoms with Crippen LogP contribution in [-0.2, 0) is 0 Å². The molecule has 29 heavy (non-hydrogen) atoms. The summed E-state index contributed by atoms with van der Waals surface area (Å²) in [7, 11) is 3.15. The summed E-state index contributed by atoms with van der Waals surface area (Å²) in [5, 5.41) is 9.85. The fourth-order valence-electron chi connectivity index (χ4n) is 3.02. The lowest BCUT2D eigenvalue weighted by atomic mass is 10.1. The normalized spacial score (nSPS) is 12.8. The van der Waals surface area contributed by atoms with Crippen LogP contribution in [0.3, 0.4) is 0 Å². The Bertz CT molecular complexity index is 1030. The molecule has 150 valence electrons. The van der Waals surface area contributed by atoms with Gasteiger partial charge in [-0.2, -0.15) is 5.10 Å². The zero-order chi connectivity index (χ0) is 20.2. The van der Waals surface area contributed by atoms with Crippen LogP contribution in [0.15, 0.2) is 42.5 Å². The first kappa shape index (κ1) is 18.7. The van der Waals surface area contributed by atoms with E-state index in [-0.39, 0.29) is 5.91 Å². The summed E-state index contributed by atoms with van der Waals surface area (Å²) in [6.45, 7) is 1.20. The number of aromatic amines is 1. The molecule has 2 aromatic carbocycles. The van der Waals surface area contributed by atoms with Gasteiger partial charge in [-0.05, 0) is 36.4 Å². The van der Waals surface area contributed by atoms with Gasteiger partial charge in [-0.1, -0.05) is 0 Å². The van der Waals surface area contributed by atoms with Crippen LogP contribution in [0.2, 0.25) is 0 Å². The zero-order valence-corrected chi connectivity index (χ0v) is 16.2. The molecule has 2 heterocycles. The molecule has 0 bridgehead atoms. The lowest BCUT2D eigenvalue weighted by molar-refractivity contribution is 0.102. The molecule has 3 aromatic rings. The van der Waals surface area contributed by atoms with Crippen molar-refractivity contribution in [3.8, 4) is 34.3 Å². The van der Waals surface area contributed by atoms with Crippen molar-refractivity contribution in [1.29, 1.82) is 0 Å². The smallest absolute Gasteiger partial charge is 0.273 e. The Hall–Kier alpha value is -3.68. The van der Waals surface area contributed by atoms with Gasteiger partial charge >= 0.3 is 0 Å². The van der Waals surface area contributed by atoms with Gasteiger partial charge in [0.05, 0.1) is 33.1 Å². The third-order valence-electron chi connectivity index (χ3n) is 4.51. The number of nitrogens with zero attached hydrogens (tertiary/aromatic N) is 1. The van der Waals surface area contributed by atoms with Crippen LogP contribution in [0, 0.1) is 0 Å². The summed E-state index contributed by atoms with van der Waals surface area (Å²) in [5.74, 6) is 2.21. The van der Waals surface area contributed by atoms with Crippen LogP contribution in [-0.4, -0.2) is 43.5 Å². The van der Waals surface area contributed by atoms with E-state index in [4.69, 9.17) is 18.9 Å². The Labute approximate surface area is 167 Å². The number of ether oxygens (including phenoxy) is 4. The van der Waals surface area contributed by atoms with Gasteiger partial charge in [-0.15, -0.1) is 0 Å². The molecule has 2 N–H and O–H groups in total. The van der Waals surface area contributed by atoms with E-state index in [2.05, 4.69) is 15.5 Å². The number of benzene rings is 2. The molecule has 1 aliphatic heterocycles. The minimum absolute atomic E-state index is 0.307. The molecule has 0 unspecified atom stereocenters. The first-order valence-corrected chi connectivity index (χ1v) is 9.17. The highest BCUT2D eigenvalue weighted by Crippen LogP contribution is 2.33. The number of rotatable bonds is 5. The molecule has 0 spiro atoms. The third kappa shape index (κ3) is 3.96. The van der Waals surface area contributed by atoms with Gasteiger partial charge in [0, 0.05) is 23.7 Å². The molecule has 0 aliphatic carbocycles. The first-order chi connectivity index (χ1) is 14.2. The molecule has 1 aromatic heterocycles. The molecular weight excluding hydrogens is 374 g/mol. The van der Waals surface area contributed by atoms with Crippen LogP contribution in [0.25, 0.3) is 11.3 Å². The molecule has 0 fully saturated rings. The Morgan fingerprint density at radius 3 is 2.59 bits per heavy atom. The molecular formula is C21H21N3O5. The topological polar surface area (TPSA) is 94.7 Å². The number of anilines is 1. The van der Waals surface area contributed by atoms with Crippen LogP contribution < -0.4 is 24.3 Å². The van der Waals surface area contributed by atoms with E-state index >= 15 is 0 Å². The lowest BCUT2D eigenvalue weighted by Gasteiger charge is -2.09. The molecule has 4 rings (SSSR count). The van der Waals surface area contributed by atoms with Crippen molar-refractivity contribution in [2.75, 3.05) is 32.8 Å². The second kappa shape index (κ2) is 8.14. The SMILES string of the molecule is COc1ccc(-c2cc(C(=O)Nc3ccc4c(c3)OCCCO4)[nH]n2)cc1OC. The van der Waals surface area contributed by atoms with E-state index in [1.807, 2.05) is 6.07 Å². The predicted molar refractivity (Wildman–Crippen MR) is 107 cm³/mol. The van der Waals surface area contributed by atoms with Gasteiger partial charge in [0.1, 0.15) is 5.69 Å². The van der Waals surface area contributed by atoms with E-state index in [1.54, 1.807) is 50.6 Å². The van der Waals surface area contributed by atoms with Crippen molar-refractivity contribution in [3.63, 3.8) is 0 Å². The van der Waals surface area contributed by atoms with Crippen LogP contribution in [0.4, 0.5) is 5.69 Å². The summed E-state index contributed by atoms with van der Waals surface area (Å²) < 4.78 is 21.8. The second-order valence-electron chi connectivity index (χ2n) is 6.40. The lowest BCUT2D eigenvalue weighted by Crippen LogP contribution is -2.12. The monoisotopic (exact) mass is 395 g/mol. The maximum atomic E-state index is 12.6. The number of hydrogen-bond donors (Lipinski definition) is 2. The van der Waals surface area contributed by atoms with Gasteiger partial charge in [0.15, 0.2) is 23.0 Å². The number of fused-ring (bicyclic) bond motifs is 1. The Kier molecular flexibility index (Phi) is 5.24. The number of amides is 1. The van der Waals surface area contributed by atoms with E-state index < -0.39 is 0 Å². The number of aromatic nitrogens is 2. The van der Waals surface area contributed by atoms with Crippen LogP contribution in [0.5, 0.6) is 23.0 Å². The van der Waals surface area contributed by atoms with Crippen molar-refractivity contribution >= 4 is 11.6 Å². The summed E-state index contributed by atoms with van der Waals surface area (Å²) in [4.78, 5) is 12.6. The Balaban J connectivity index is 1.51. The van der Waals surface area contributed by atoms with Crippen molar-refractivity contribution in [2.45, 2.75) is 6.42 Å².